The van der Waals surface area contributed by atoms with Crippen LogP contribution in [0.4, 0.5) is 5.69 Å². The average molecular weight is 380 g/mol. The number of nitrogens with one attached hydrogen (secondary N) is 1. The molecule has 0 aliphatic heterocycles. The van der Waals surface area contributed by atoms with Crippen LogP contribution in [0, 0.1) is 0 Å². The molecule has 0 heterocycles. The smallest absolute Gasteiger partial charge is 0.0724 e. The lowest BCUT2D eigenvalue weighted by atomic mass is 10.1. The summed E-state index contributed by atoms with van der Waals surface area (Å²) in [6.07, 6.45) is 0. The number of halogens is 4. The van der Waals surface area contributed by atoms with Gasteiger partial charge in [-0.2, -0.15) is 0 Å². The van der Waals surface area contributed by atoms with Crippen molar-refractivity contribution in [3.63, 3.8) is 0 Å². The summed E-state index contributed by atoms with van der Waals surface area (Å²) in [4.78, 5) is 0. The van der Waals surface area contributed by atoms with E-state index in [0.29, 0.717) is 20.8 Å². The van der Waals surface area contributed by atoms with Crippen LogP contribution >= 0.6 is 50.7 Å². The lowest BCUT2D eigenvalue weighted by Crippen LogP contribution is -2.07. The number of hydrogen-bond donors (Lipinski definition) is 1. The molecule has 0 radical (unpaired) electrons. The van der Waals surface area contributed by atoms with E-state index in [1.807, 2.05) is 25.1 Å². The summed E-state index contributed by atoms with van der Waals surface area (Å²) >= 11 is 21.7. The van der Waals surface area contributed by atoms with E-state index in [9.17, 15) is 0 Å². The van der Waals surface area contributed by atoms with Crippen molar-refractivity contribution in [2.75, 3.05) is 5.32 Å². The summed E-state index contributed by atoms with van der Waals surface area (Å²) in [5.41, 5.74) is 1.83. The molecule has 0 spiro atoms. The van der Waals surface area contributed by atoms with E-state index in [0.717, 1.165) is 10.0 Å². The Kier molecular flexibility index (Phi) is 5.02. The summed E-state index contributed by atoms with van der Waals surface area (Å²) in [6, 6.07) is 11.5. The van der Waals surface area contributed by atoms with Crippen LogP contribution in [0.1, 0.15) is 18.5 Å². The maximum atomic E-state index is 6.16. The minimum atomic E-state index is 0.0775. The van der Waals surface area contributed by atoms with Gasteiger partial charge in [0, 0.05) is 15.5 Å². The molecule has 0 saturated carbocycles. The van der Waals surface area contributed by atoms with E-state index in [4.69, 9.17) is 34.8 Å². The fourth-order valence-electron chi connectivity index (χ4n) is 1.76. The van der Waals surface area contributed by atoms with Crippen LogP contribution in [0.5, 0.6) is 0 Å². The topological polar surface area (TPSA) is 12.0 Å². The molecule has 2 aromatic carbocycles. The largest absolute Gasteiger partial charge is 0.376 e. The first kappa shape index (κ1) is 15.0. The summed E-state index contributed by atoms with van der Waals surface area (Å²) in [5, 5.41) is 4.86. The maximum Gasteiger partial charge on any atom is 0.0724 e. The molecule has 0 saturated heterocycles. The molecule has 1 nitrogen and oxygen atoms in total. The Bertz CT molecular complexity index is 578. The van der Waals surface area contributed by atoms with E-state index in [2.05, 4.69) is 27.3 Å². The van der Waals surface area contributed by atoms with Gasteiger partial charge in [0.15, 0.2) is 0 Å². The molecule has 1 unspecified atom stereocenters. The van der Waals surface area contributed by atoms with Gasteiger partial charge in [0.05, 0.1) is 15.7 Å². The number of benzene rings is 2. The van der Waals surface area contributed by atoms with Gasteiger partial charge in [-0.15, -0.1) is 0 Å². The van der Waals surface area contributed by atoms with Gasteiger partial charge in [0.25, 0.3) is 0 Å². The number of rotatable bonds is 3. The van der Waals surface area contributed by atoms with Crippen molar-refractivity contribution in [2.45, 2.75) is 13.0 Å². The van der Waals surface area contributed by atoms with Crippen molar-refractivity contribution < 1.29 is 0 Å². The Morgan fingerprint density at radius 3 is 2.26 bits per heavy atom. The zero-order valence-electron chi connectivity index (χ0n) is 10.1. The van der Waals surface area contributed by atoms with Gasteiger partial charge in [-0.1, -0.05) is 62.9 Å². The average Bonchev–Trinajstić information content (AvgIpc) is 2.33. The van der Waals surface area contributed by atoms with Gasteiger partial charge in [0.1, 0.15) is 0 Å². The first-order valence-electron chi connectivity index (χ1n) is 5.64. The Balaban J connectivity index is 2.26. The van der Waals surface area contributed by atoms with E-state index >= 15 is 0 Å². The highest BCUT2D eigenvalue weighted by atomic mass is 79.9. The number of anilines is 1. The fourth-order valence-corrected chi connectivity index (χ4v) is 3.10. The molecule has 100 valence electrons. The third-order valence-electron chi connectivity index (χ3n) is 2.72. The van der Waals surface area contributed by atoms with E-state index < -0.39 is 0 Å². The number of hydrogen-bond acceptors (Lipinski definition) is 1. The van der Waals surface area contributed by atoms with Crippen molar-refractivity contribution in [2.24, 2.45) is 0 Å². The Morgan fingerprint density at radius 2 is 1.68 bits per heavy atom. The predicted octanol–water partition coefficient (Wildman–Crippen LogP) is 6.58. The van der Waals surface area contributed by atoms with Gasteiger partial charge >= 0.3 is 0 Å². The monoisotopic (exact) mass is 377 g/mol. The summed E-state index contributed by atoms with van der Waals surface area (Å²) in [5.74, 6) is 0. The molecule has 0 bridgehead atoms. The molecule has 0 aliphatic carbocycles. The van der Waals surface area contributed by atoms with Crippen molar-refractivity contribution in [3.8, 4) is 0 Å². The van der Waals surface area contributed by atoms with Crippen LogP contribution in [-0.4, -0.2) is 0 Å². The highest BCUT2D eigenvalue weighted by molar-refractivity contribution is 9.10. The van der Waals surface area contributed by atoms with Crippen LogP contribution in [-0.2, 0) is 0 Å². The molecule has 19 heavy (non-hydrogen) atoms. The van der Waals surface area contributed by atoms with E-state index in [-0.39, 0.29) is 6.04 Å². The summed E-state index contributed by atoms with van der Waals surface area (Å²) < 4.78 is 1.03. The zero-order chi connectivity index (χ0) is 14.0. The SMILES string of the molecule is CC(Nc1c(Cl)cc(Cl)cc1Cl)c1cccc(Br)c1. The normalized spacial score (nSPS) is 12.3. The Morgan fingerprint density at radius 1 is 1.05 bits per heavy atom. The van der Waals surface area contributed by atoms with Crippen molar-refractivity contribution in [3.05, 3.63) is 61.5 Å². The summed E-state index contributed by atoms with van der Waals surface area (Å²) in [6.45, 7) is 2.04. The quantitative estimate of drug-likeness (QED) is 0.635. The van der Waals surface area contributed by atoms with Crippen molar-refractivity contribution >= 4 is 56.4 Å². The van der Waals surface area contributed by atoms with Crippen LogP contribution < -0.4 is 5.32 Å². The third kappa shape index (κ3) is 3.79. The molecule has 0 amide bonds. The molecular formula is C14H11BrCl3N. The van der Waals surface area contributed by atoms with Gasteiger partial charge in [-0.3, -0.25) is 0 Å². The van der Waals surface area contributed by atoms with E-state index in [1.54, 1.807) is 12.1 Å². The molecule has 2 rings (SSSR count). The molecule has 1 N–H and O–H groups in total. The Labute approximate surface area is 136 Å². The molecular weight excluding hydrogens is 368 g/mol. The second-order valence-electron chi connectivity index (χ2n) is 4.17. The van der Waals surface area contributed by atoms with Gasteiger partial charge in [-0.25, -0.2) is 0 Å². The van der Waals surface area contributed by atoms with Crippen molar-refractivity contribution in [1.82, 2.24) is 0 Å². The highest BCUT2D eigenvalue weighted by Gasteiger charge is 2.12. The van der Waals surface area contributed by atoms with Gasteiger partial charge in [0.2, 0.25) is 0 Å². The molecule has 2 aromatic rings. The Hall–Kier alpha value is -0.410. The molecule has 0 fully saturated rings. The van der Waals surface area contributed by atoms with Gasteiger partial charge < -0.3 is 5.32 Å². The van der Waals surface area contributed by atoms with E-state index in [1.165, 1.54) is 0 Å². The first-order valence-corrected chi connectivity index (χ1v) is 7.56. The molecule has 0 aliphatic rings. The lowest BCUT2D eigenvalue weighted by molar-refractivity contribution is 0.884. The van der Waals surface area contributed by atoms with Gasteiger partial charge in [-0.05, 0) is 36.8 Å². The fraction of sp³-hybridized carbons (Fsp3) is 0.143. The van der Waals surface area contributed by atoms with Crippen LogP contribution in [0.15, 0.2) is 40.9 Å². The molecule has 5 heteroatoms. The standard InChI is InChI=1S/C14H11BrCl3N/c1-8(9-3-2-4-10(15)5-9)19-14-12(17)6-11(16)7-13(14)18/h2-8,19H,1H3. The van der Waals surface area contributed by atoms with Crippen LogP contribution in [0.25, 0.3) is 0 Å². The third-order valence-corrected chi connectivity index (χ3v) is 4.02. The van der Waals surface area contributed by atoms with Crippen LogP contribution in [0.2, 0.25) is 15.1 Å². The van der Waals surface area contributed by atoms with Crippen molar-refractivity contribution in [1.29, 1.82) is 0 Å². The lowest BCUT2D eigenvalue weighted by Gasteiger charge is -2.18. The molecule has 1 atom stereocenters. The molecule has 0 aromatic heterocycles. The minimum absolute atomic E-state index is 0.0775. The second kappa shape index (κ2) is 6.36. The second-order valence-corrected chi connectivity index (χ2v) is 6.33. The summed E-state index contributed by atoms with van der Waals surface area (Å²) in [7, 11) is 0. The zero-order valence-corrected chi connectivity index (χ0v) is 13.9. The van der Waals surface area contributed by atoms with Crippen LogP contribution in [0.3, 0.4) is 0 Å². The first-order chi connectivity index (χ1) is 8.97. The minimum Gasteiger partial charge on any atom is -0.376 e. The predicted molar refractivity (Wildman–Crippen MR) is 87.7 cm³/mol. The highest BCUT2D eigenvalue weighted by Crippen LogP contribution is 2.36. The maximum absolute atomic E-state index is 6.16.